The number of aromatic nitrogens is 3. The fourth-order valence-electron chi connectivity index (χ4n) is 12.7. The van der Waals surface area contributed by atoms with Crippen LogP contribution in [0.1, 0.15) is 23.0 Å². The molecule has 4 aliphatic rings. The number of pyridine rings is 3. The van der Waals surface area contributed by atoms with Crippen LogP contribution in [0.25, 0.3) is 123 Å². The molecule has 12 aromatic rings. The molecule has 0 spiro atoms. The average molecular weight is 1020 g/mol. The van der Waals surface area contributed by atoms with Crippen molar-refractivity contribution in [2.24, 2.45) is 11.8 Å². The zero-order valence-electron chi connectivity index (χ0n) is 43.9. The van der Waals surface area contributed by atoms with Gasteiger partial charge >= 0.3 is 0 Å². The van der Waals surface area contributed by atoms with Gasteiger partial charge in [-0.2, -0.15) is 0 Å². The van der Waals surface area contributed by atoms with E-state index in [1.54, 1.807) is 0 Å². The molecule has 4 aliphatic carbocycles. The Balaban J connectivity index is 0.908. The Morgan fingerprint density at radius 2 is 0.625 bits per heavy atom. The van der Waals surface area contributed by atoms with Gasteiger partial charge in [-0.1, -0.05) is 243 Å². The Kier molecular flexibility index (Phi) is 11.8. The lowest BCUT2D eigenvalue weighted by Crippen LogP contribution is -2.01. The van der Waals surface area contributed by atoms with Crippen LogP contribution in [0.5, 0.6) is 0 Å². The third kappa shape index (κ3) is 8.61. The summed E-state index contributed by atoms with van der Waals surface area (Å²) in [7, 11) is 0. The first kappa shape index (κ1) is 47.1. The van der Waals surface area contributed by atoms with Crippen LogP contribution in [-0.2, 0) is 0 Å². The Morgan fingerprint density at radius 3 is 1.12 bits per heavy atom. The van der Waals surface area contributed by atoms with Crippen LogP contribution >= 0.6 is 0 Å². The molecule has 1 fully saturated rings. The van der Waals surface area contributed by atoms with E-state index < -0.39 is 0 Å². The molecule has 0 amide bonds. The van der Waals surface area contributed by atoms with Gasteiger partial charge in [-0.15, -0.1) is 0 Å². The van der Waals surface area contributed by atoms with E-state index in [2.05, 4.69) is 273 Å². The first-order valence-electron chi connectivity index (χ1n) is 27.8. The summed E-state index contributed by atoms with van der Waals surface area (Å²) in [6.45, 7) is 0. The van der Waals surface area contributed by atoms with E-state index in [0.717, 1.165) is 106 Å². The van der Waals surface area contributed by atoms with Gasteiger partial charge in [0.1, 0.15) is 0 Å². The van der Waals surface area contributed by atoms with Crippen molar-refractivity contribution in [3.63, 3.8) is 0 Å². The van der Waals surface area contributed by atoms with Crippen molar-refractivity contribution in [1.29, 1.82) is 0 Å². The summed E-state index contributed by atoms with van der Waals surface area (Å²) in [5.41, 5.74) is 27.0. The summed E-state index contributed by atoms with van der Waals surface area (Å²) in [5.74, 6) is 1.94. The highest BCUT2D eigenvalue weighted by molar-refractivity contribution is 5.97. The lowest BCUT2D eigenvalue weighted by atomic mass is 9.84. The van der Waals surface area contributed by atoms with Crippen molar-refractivity contribution in [3.05, 3.63) is 309 Å². The largest absolute Gasteiger partial charge is 0.256 e. The van der Waals surface area contributed by atoms with Gasteiger partial charge in [0.05, 0.1) is 17.1 Å². The van der Waals surface area contributed by atoms with Gasteiger partial charge in [-0.25, -0.2) is 0 Å². The second-order valence-electron chi connectivity index (χ2n) is 21.4. The van der Waals surface area contributed by atoms with E-state index in [9.17, 15) is 0 Å². The molecular formula is C77H53N3. The maximum Gasteiger partial charge on any atom is 0.0711 e. The van der Waals surface area contributed by atoms with Crippen LogP contribution in [0.4, 0.5) is 0 Å². The summed E-state index contributed by atoms with van der Waals surface area (Å²) in [5, 5.41) is 0. The Bertz CT molecular complexity index is 4170. The molecule has 376 valence electrons. The van der Waals surface area contributed by atoms with Gasteiger partial charge in [0.2, 0.25) is 0 Å². The van der Waals surface area contributed by atoms with Crippen LogP contribution in [-0.4, -0.2) is 15.0 Å². The van der Waals surface area contributed by atoms with Crippen LogP contribution in [0.3, 0.4) is 0 Å². The number of benzene rings is 9. The van der Waals surface area contributed by atoms with E-state index in [1.165, 1.54) is 27.8 Å². The third-order valence-corrected chi connectivity index (χ3v) is 16.8. The standard InChI is InChI=1S/C77H53N3/c1-4-17-50(18-5-1)51-31-33-52(34-32-51)71-46-75(69-29-16-30-70-76(69)55-35-39-67-68(40-36-55)77(67)70)80-49-72(71)66-28-15-14-27-65(66)60-44-58(63-25-12-10-23-61(63)56-37-41-73(78-47-56)53-19-6-2-7-20-53)43-59(45-60)64-26-13-11-24-62(64)57-38-42-74(79-48-57)54-21-8-3-9-22-54/h1-49,55,67-68,77H. The predicted molar refractivity (Wildman–Crippen MR) is 330 cm³/mol. The Labute approximate surface area is 467 Å². The van der Waals surface area contributed by atoms with Crippen LogP contribution in [0.15, 0.2) is 298 Å². The summed E-state index contributed by atoms with van der Waals surface area (Å²) in [6.07, 6.45) is 16.0. The summed E-state index contributed by atoms with van der Waals surface area (Å²) in [4.78, 5) is 15.5. The monoisotopic (exact) mass is 1020 g/mol. The molecule has 3 aromatic heterocycles. The average Bonchev–Trinajstić information content (AvgIpc) is 4.35. The summed E-state index contributed by atoms with van der Waals surface area (Å²) >= 11 is 0. The van der Waals surface area contributed by atoms with Crippen LogP contribution < -0.4 is 0 Å². The maximum atomic E-state index is 5.48. The van der Waals surface area contributed by atoms with Crippen LogP contribution in [0, 0.1) is 11.8 Å². The number of rotatable bonds is 11. The second-order valence-corrected chi connectivity index (χ2v) is 21.4. The molecule has 80 heavy (non-hydrogen) atoms. The highest BCUT2D eigenvalue weighted by Crippen LogP contribution is 2.62. The third-order valence-electron chi connectivity index (χ3n) is 16.8. The minimum atomic E-state index is 0.226. The van der Waals surface area contributed by atoms with E-state index in [0.29, 0.717) is 17.8 Å². The van der Waals surface area contributed by atoms with Crippen molar-refractivity contribution in [2.45, 2.75) is 11.8 Å². The van der Waals surface area contributed by atoms with Crippen molar-refractivity contribution in [1.82, 2.24) is 15.0 Å². The van der Waals surface area contributed by atoms with E-state index in [1.807, 2.05) is 24.5 Å². The molecule has 3 heteroatoms. The molecule has 3 nitrogen and oxygen atoms in total. The van der Waals surface area contributed by atoms with Crippen molar-refractivity contribution in [2.75, 3.05) is 0 Å². The van der Waals surface area contributed by atoms with Gasteiger partial charge in [0.25, 0.3) is 0 Å². The number of hydrogen-bond donors (Lipinski definition) is 0. The van der Waals surface area contributed by atoms with Gasteiger partial charge < -0.3 is 0 Å². The fraction of sp³-hybridized carbons (Fsp3) is 0.0519. The predicted octanol–water partition coefficient (Wildman–Crippen LogP) is 19.8. The minimum absolute atomic E-state index is 0.226. The van der Waals surface area contributed by atoms with Gasteiger partial charge in [-0.05, 0) is 138 Å². The number of allylic oxidation sites excluding steroid dienone is 4. The fourth-order valence-corrected chi connectivity index (χ4v) is 12.7. The zero-order valence-corrected chi connectivity index (χ0v) is 43.9. The number of hydrogen-bond acceptors (Lipinski definition) is 3. The SMILES string of the molecule is C1=CC2C3C=CC1c1c(-c4cc(-c5ccc(-c6ccccc6)cc5)c(-c5ccccc5-c5cc(-c6ccccc6-c6ccc(-c7ccccc7)nc6)cc(-c6ccccc6-c6ccc(-c7ccccc7)nc6)c5)cn4)cccc1C23. The van der Waals surface area contributed by atoms with Crippen molar-refractivity contribution < 1.29 is 0 Å². The first-order chi connectivity index (χ1) is 39.7. The quantitative estimate of drug-likeness (QED) is 0.121. The molecule has 9 aromatic carbocycles. The molecule has 0 aliphatic heterocycles. The molecule has 0 radical (unpaired) electrons. The van der Waals surface area contributed by atoms with Gasteiger partial charge in [-0.3, -0.25) is 15.0 Å². The molecule has 0 N–H and O–H groups in total. The second kappa shape index (κ2) is 20.0. The lowest BCUT2D eigenvalue weighted by molar-refractivity contribution is 1.00. The molecule has 4 bridgehead atoms. The van der Waals surface area contributed by atoms with Gasteiger partial charge in [0, 0.05) is 57.9 Å². The van der Waals surface area contributed by atoms with Crippen molar-refractivity contribution >= 4 is 0 Å². The summed E-state index contributed by atoms with van der Waals surface area (Å²) in [6, 6.07) is 91.9. The van der Waals surface area contributed by atoms with Crippen LogP contribution in [0.2, 0.25) is 0 Å². The minimum Gasteiger partial charge on any atom is -0.256 e. The topological polar surface area (TPSA) is 38.7 Å². The van der Waals surface area contributed by atoms with E-state index in [4.69, 9.17) is 15.0 Å². The first-order valence-corrected chi connectivity index (χ1v) is 27.8. The zero-order chi connectivity index (χ0) is 52.9. The molecule has 2 atom stereocenters. The highest BCUT2D eigenvalue weighted by Gasteiger charge is 2.51. The Hall–Kier alpha value is -10.1. The Morgan fingerprint density at radius 1 is 0.225 bits per heavy atom. The van der Waals surface area contributed by atoms with E-state index in [-0.39, 0.29) is 5.92 Å². The molecule has 2 unspecified atom stereocenters. The molecular weight excluding hydrogens is 967 g/mol. The molecule has 3 heterocycles. The normalized spacial score (nSPS) is 16.4. The van der Waals surface area contributed by atoms with Gasteiger partial charge in [0.15, 0.2) is 0 Å². The summed E-state index contributed by atoms with van der Waals surface area (Å²) < 4.78 is 0. The van der Waals surface area contributed by atoms with Crippen molar-refractivity contribution in [3.8, 4) is 123 Å². The maximum absolute atomic E-state index is 5.48. The molecule has 0 saturated heterocycles. The molecule has 1 saturated carbocycles. The molecule has 16 rings (SSSR count). The highest BCUT2D eigenvalue weighted by atomic mass is 14.7. The smallest absolute Gasteiger partial charge is 0.0711 e. The lowest BCUT2D eigenvalue weighted by Gasteiger charge is -2.20. The van der Waals surface area contributed by atoms with E-state index >= 15 is 0 Å². The number of nitrogens with zero attached hydrogens (tertiary/aromatic N) is 3.